The number of amides is 1. The van der Waals surface area contributed by atoms with Crippen LogP contribution < -0.4 is 19.1 Å². The number of aryl methyl sites for hydroxylation is 1. The zero-order chi connectivity index (χ0) is 22.8. The number of sulfonamides is 1. The van der Waals surface area contributed by atoms with E-state index in [9.17, 15) is 13.2 Å². The van der Waals surface area contributed by atoms with Gasteiger partial charge in [-0.05, 0) is 42.2 Å². The molecule has 0 fully saturated rings. The van der Waals surface area contributed by atoms with Crippen LogP contribution in [0.4, 0.5) is 5.69 Å². The van der Waals surface area contributed by atoms with Gasteiger partial charge in [0.2, 0.25) is 10.0 Å². The molecule has 0 radical (unpaired) electrons. The van der Waals surface area contributed by atoms with Gasteiger partial charge in [0.25, 0.3) is 5.91 Å². The highest BCUT2D eigenvalue weighted by Gasteiger charge is 2.35. The molecule has 0 unspecified atom stereocenters. The summed E-state index contributed by atoms with van der Waals surface area (Å²) in [7, 11) is -3.58. The number of nitrogens with one attached hydrogen (secondary N) is 1. The second kappa shape index (κ2) is 8.78. The van der Waals surface area contributed by atoms with Gasteiger partial charge in [-0.25, -0.2) is 8.42 Å². The Morgan fingerprint density at radius 1 is 1.19 bits per heavy atom. The molecule has 31 heavy (non-hydrogen) atoms. The number of hydrogen-bond donors (Lipinski definition) is 1. The summed E-state index contributed by atoms with van der Waals surface area (Å²) in [6, 6.07) is 13.1. The zero-order valence-electron chi connectivity index (χ0n) is 18.6. The normalized spacial score (nSPS) is 16.3. The van der Waals surface area contributed by atoms with Gasteiger partial charge in [0.1, 0.15) is 18.1 Å². The van der Waals surface area contributed by atoms with Crippen molar-refractivity contribution in [2.45, 2.75) is 39.2 Å². The van der Waals surface area contributed by atoms with E-state index in [2.05, 4.69) is 26.1 Å². The summed E-state index contributed by atoms with van der Waals surface area (Å²) >= 11 is 0. The van der Waals surface area contributed by atoms with Crippen molar-refractivity contribution in [2.24, 2.45) is 0 Å². The Hall–Kier alpha value is -2.74. The van der Waals surface area contributed by atoms with E-state index < -0.39 is 16.1 Å². The highest BCUT2D eigenvalue weighted by molar-refractivity contribution is 7.92. The fourth-order valence-corrected chi connectivity index (χ4v) is 4.17. The second-order valence-corrected chi connectivity index (χ2v) is 10.7. The van der Waals surface area contributed by atoms with Gasteiger partial charge < -0.3 is 14.8 Å². The van der Waals surface area contributed by atoms with Crippen LogP contribution in [-0.4, -0.2) is 46.4 Å². The van der Waals surface area contributed by atoms with Crippen molar-refractivity contribution in [1.29, 1.82) is 0 Å². The predicted octanol–water partition coefficient (Wildman–Crippen LogP) is 3.01. The lowest BCUT2D eigenvalue weighted by Crippen LogP contribution is -2.51. The number of carbonyl (C=O) groups excluding carboxylic acids is 1. The number of fused-ring (bicyclic) bond motifs is 1. The summed E-state index contributed by atoms with van der Waals surface area (Å²) in [5.74, 6) is 0.716. The first kappa shape index (κ1) is 22.9. The van der Waals surface area contributed by atoms with Gasteiger partial charge in [-0.2, -0.15) is 0 Å². The van der Waals surface area contributed by atoms with Crippen LogP contribution in [0.1, 0.15) is 31.9 Å². The van der Waals surface area contributed by atoms with E-state index in [1.807, 2.05) is 43.3 Å². The van der Waals surface area contributed by atoms with Gasteiger partial charge in [-0.15, -0.1) is 0 Å². The predicted molar refractivity (Wildman–Crippen MR) is 121 cm³/mol. The zero-order valence-corrected chi connectivity index (χ0v) is 19.5. The lowest BCUT2D eigenvalue weighted by molar-refractivity contribution is -0.127. The SMILES string of the molecule is Cc1ccc(OCCNC(=O)[C@H]2CN(S(C)(=O)=O)c3cc(C(C)(C)C)ccc3O2)cc1. The van der Waals surface area contributed by atoms with E-state index in [1.165, 1.54) is 4.31 Å². The molecule has 1 N–H and O–H groups in total. The van der Waals surface area contributed by atoms with Crippen LogP contribution in [0.2, 0.25) is 0 Å². The smallest absolute Gasteiger partial charge is 0.263 e. The Morgan fingerprint density at radius 3 is 2.48 bits per heavy atom. The first-order chi connectivity index (χ1) is 14.4. The third kappa shape index (κ3) is 5.70. The van der Waals surface area contributed by atoms with Crippen LogP contribution in [0.5, 0.6) is 11.5 Å². The molecule has 8 heteroatoms. The van der Waals surface area contributed by atoms with E-state index in [0.29, 0.717) is 18.0 Å². The first-order valence-electron chi connectivity index (χ1n) is 10.2. The molecular weight excluding hydrogens is 416 g/mol. The standard InChI is InChI=1S/C23H30N2O5S/c1-16-6-9-18(10-7-16)29-13-12-24-22(26)21-15-25(31(5,27)28)19-14-17(23(2,3)4)8-11-20(19)30-21/h6-11,14,21H,12-13,15H2,1-5H3,(H,24,26)/t21-/m1/s1. The van der Waals surface area contributed by atoms with E-state index in [-0.39, 0.29) is 24.4 Å². The molecule has 1 aliphatic rings. The summed E-state index contributed by atoms with van der Waals surface area (Å²) in [6.45, 7) is 8.65. The Morgan fingerprint density at radius 2 is 1.87 bits per heavy atom. The largest absolute Gasteiger partial charge is 0.492 e. The number of ether oxygens (including phenoxy) is 2. The molecule has 1 atom stereocenters. The number of nitrogens with zero attached hydrogens (tertiary/aromatic N) is 1. The van der Waals surface area contributed by atoms with Crippen molar-refractivity contribution >= 4 is 21.6 Å². The van der Waals surface area contributed by atoms with Crippen molar-refractivity contribution in [1.82, 2.24) is 5.32 Å². The molecule has 1 amide bonds. The number of carbonyl (C=O) groups is 1. The van der Waals surface area contributed by atoms with Crippen LogP contribution in [-0.2, 0) is 20.2 Å². The fraction of sp³-hybridized carbons (Fsp3) is 0.435. The summed E-state index contributed by atoms with van der Waals surface area (Å²) in [5, 5.41) is 2.76. The Kier molecular flexibility index (Phi) is 6.50. The van der Waals surface area contributed by atoms with Crippen LogP contribution >= 0.6 is 0 Å². The maximum absolute atomic E-state index is 12.6. The Bertz CT molecular complexity index is 1040. The monoisotopic (exact) mass is 446 g/mol. The van der Waals surface area contributed by atoms with Crippen LogP contribution in [0.3, 0.4) is 0 Å². The average molecular weight is 447 g/mol. The number of rotatable bonds is 6. The maximum Gasteiger partial charge on any atom is 0.263 e. The number of benzene rings is 2. The number of hydrogen-bond acceptors (Lipinski definition) is 5. The fourth-order valence-electron chi connectivity index (χ4n) is 3.26. The van der Waals surface area contributed by atoms with Gasteiger partial charge in [0.05, 0.1) is 25.0 Å². The highest BCUT2D eigenvalue weighted by Crippen LogP contribution is 2.38. The van der Waals surface area contributed by atoms with E-state index in [4.69, 9.17) is 9.47 Å². The van der Waals surface area contributed by atoms with Gasteiger partial charge in [-0.3, -0.25) is 9.10 Å². The van der Waals surface area contributed by atoms with Gasteiger partial charge in [0.15, 0.2) is 6.10 Å². The van der Waals surface area contributed by atoms with Crippen molar-refractivity contribution in [3.05, 3.63) is 53.6 Å². The third-order valence-corrected chi connectivity index (χ3v) is 6.22. The van der Waals surface area contributed by atoms with E-state index >= 15 is 0 Å². The van der Waals surface area contributed by atoms with E-state index in [0.717, 1.165) is 23.1 Å². The summed E-state index contributed by atoms with van der Waals surface area (Å²) in [6.07, 6.45) is 0.193. The van der Waals surface area contributed by atoms with E-state index in [1.54, 1.807) is 6.07 Å². The van der Waals surface area contributed by atoms with Crippen molar-refractivity contribution < 1.29 is 22.7 Å². The molecule has 0 saturated carbocycles. The van der Waals surface area contributed by atoms with Crippen molar-refractivity contribution in [3.8, 4) is 11.5 Å². The average Bonchev–Trinajstić information content (AvgIpc) is 2.69. The lowest BCUT2D eigenvalue weighted by atomic mass is 9.86. The summed E-state index contributed by atoms with van der Waals surface area (Å²) in [5.41, 5.74) is 2.44. The number of anilines is 1. The van der Waals surface area contributed by atoms with Crippen LogP contribution in [0.25, 0.3) is 0 Å². The maximum atomic E-state index is 12.6. The molecule has 0 saturated heterocycles. The molecule has 168 valence electrons. The summed E-state index contributed by atoms with van der Waals surface area (Å²) < 4.78 is 37.6. The highest BCUT2D eigenvalue weighted by atomic mass is 32.2. The Balaban J connectivity index is 1.67. The van der Waals surface area contributed by atoms with Crippen LogP contribution in [0.15, 0.2) is 42.5 Å². The molecule has 7 nitrogen and oxygen atoms in total. The molecular formula is C23H30N2O5S. The molecule has 0 aliphatic carbocycles. The first-order valence-corrected chi connectivity index (χ1v) is 12.1. The second-order valence-electron chi connectivity index (χ2n) is 8.79. The molecule has 0 spiro atoms. The van der Waals surface area contributed by atoms with Crippen molar-refractivity contribution in [2.75, 3.05) is 30.3 Å². The minimum atomic E-state index is -3.58. The minimum Gasteiger partial charge on any atom is -0.492 e. The molecule has 1 aliphatic heterocycles. The topological polar surface area (TPSA) is 84.9 Å². The quantitative estimate of drug-likeness (QED) is 0.690. The lowest BCUT2D eigenvalue weighted by Gasteiger charge is -2.35. The van der Waals surface area contributed by atoms with Gasteiger partial charge in [-0.1, -0.05) is 44.5 Å². The van der Waals surface area contributed by atoms with Gasteiger partial charge >= 0.3 is 0 Å². The molecule has 2 aromatic rings. The summed E-state index contributed by atoms with van der Waals surface area (Å²) in [4.78, 5) is 12.6. The molecule has 0 aromatic heterocycles. The molecule has 1 heterocycles. The molecule has 0 bridgehead atoms. The molecule has 2 aromatic carbocycles. The van der Waals surface area contributed by atoms with Crippen molar-refractivity contribution in [3.63, 3.8) is 0 Å². The third-order valence-electron chi connectivity index (χ3n) is 5.08. The van der Waals surface area contributed by atoms with Crippen LogP contribution in [0, 0.1) is 6.92 Å². The minimum absolute atomic E-state index is 0.0793. The van der Waals surface area contributed by atoms with Gasteiger partial charge in [0, 0.05) is 0 Å². The Labute approximate surface area is 184 Å². The molecule has 3 rings (SSSR count).